The summed E-state index contributed by atoms with van der Waals surface area (Å²) in [5, 5.41) is 3.85. The molecule has 1 fully saturated rings. The summed E-state index contributed by atoms with van der Waals surface area (Å²) in [6, 6.07) is 10.0. The minimum Gasteiger partial charge on any atom is -0.494 e. The molecular formula is C31H31F2N5O4S. The van der Waals surface area contributed by atoms with E-state index in [-0.39, 0.29) is 21.9 Å². The van der Waals surface area contributed by atoms with Crippen molar-refractivity contribution in [2.24, 2.45) is 5.73 Å². The predicted molar refractivity (Wildman–Crippen MR) is 165 cm³/mol. The topological polar surface area (TPSA) is 110 Å². The van der Waals surface area contributed by atoms with Gasteiger partial charge in [-0.2, -0.15) is 0 Å². The number of primary amides is 1. The van der Waals surface area contributed by atoms with Crippen LogP contribution in [0, 0.1) is 11.6 Å². The number of carbonyl (C=O) groups is 2. The van der Waals surface area contributed by atoms with E-state index in [0.29, 0.717) is 27.2 Å². The second-order valence-corrected chi connectivity index (χ2v) is 11.0. The number of methoxy groups -OCH3 is 2. The molecule has 0 radical (unpaired) electrons. The largest absolute Gasteiger partial charge is 0.494 e. The maximum absolute atomic E-state index is 15.0. The van der Waals surface area contributed by atoms with Gasteiger partial charge in [-0.15, -0.1) is 11.3 Å². The number of benzene rings is 2. The number of hydrogen-bond donors (Lipinski definition) is 2. The molecule has 224 valence electrons. The molecule has 2 aromatic carbocycles. The number of amides is 1. The van der Waals surface area contributed by atoms with Crippen molar-refractivity contribution in [3.63, 3.8) is 0 Å². The number of fused-ring (bicyclic) bond motifs is 1. The van der Waals surface area contributed by atoms with Gasteiger partial charge in [-0.05, 0) is 42.3 Å². The van der Waals surface area contributed by atoms with Gasteiger partial charge in [-0.1, -0.05) is 13.5 Å². The number of nitrogens with one attached hydrogen (secondary N) is 1. The number of pyridine rings is 1. The summed E-state index contributed by atoms with van der Waals surface area (Å²) in [5.41, 5.74) is 7.07. The first-order valence-electron chi connectivity index (χ1n) is 13.6. The molecule has 1 aliphatic rings. The minimum atomic E-state index is -1.11. The molecule has 1 saturated heterocycles. The molecule has 2 aromatic heterocycles. The molecule has 0 unspecified atom stereocenters. The van der Waals surface area contributed by atoms with Crippen LogP contribution in [0.15, 0.2) is 49.2 Å². The number of carbonyl (C=O) groups excluding carboxylic acids is 2. The third kappa shape index (κ3) is 5.88. The van der Waals surface area contributed by atoms with Gasteiger partial charge in [0.15, 0.2) is 23.1 Å². The summed E-state index contributed by atoms with van der Waals surface area (Å²) >= 11 is 1.05. The van der Waals surface area contributed by atoms with E-state index < -0.39 is 28.9 Å². The van der Waals surface area contributed by atoms with Crippen LogP contribution in [0.4, 0.5) is 26.0 Å². The first-order chi connectivity index (χ1) is 20.6. The number of piperazine rings is 1. The van der Waals surface area contributed by atoms with Crippen molar-refractivity contribution in [2.45, 2.75) is 6.92 Å². The van der Waals surface area contributed by atoms with Crippen LogP contribution >= 0.6 is 11.3 Å². The highest BCUT2D eigenvalue weighted by Crippen LogP contribution is 2.36. The summed E-state index contributed by atoms with van der Waals surface area (Å²) in [6.45, 7) is 10.7. The second-order valence-electron chi connectivity index (χ2n) is 9.95. The zero-order chi connectivity index (χ0) is 30.8. The molecule has 0 bridgehead atoms. The highest BCUT2D eigenvalue weighted by molar-refractivity contribution is 7.21. The predicted octanol–water partition coefficient (Wildman–Crippen LogP) is 5.21. The Morgan fingerprint density at radius 1 is 1.05 bits per heavy atom. The van der Waals surface area contributed by atoms with E-state index in [1.54, 1.807) is 18.3 Å². The zero-order valence-corrected chi connectivity index (χ0v) is 24.8. The lowest BCUT2D eigenvalue weighted by Gasteiger charge is -2.35. The van der Waals surface area contributed by atoms with E-state index in [4.69, 9.17) is 15.2 Å². The molecule has 3 N–H and O–H groups in total. The maximum Gasteiger partial charge on any atom is 0.248 e. The fourth-order valence-corrected chi connectivity index (χ4v) is 5.97. The maximum atomic E-state index is 15.0. The van der Waals surface area contributed by atoms with Gasteiger partial charge < -0.3 is 30.3 Å². The lowest BCUT2D eigenvalue weighted by Crippen LogP contribution is -2.46. The number of ether oxygens (including phenoxy) is 2. The molecule has 1 amide bonds. The molecule has 1 aliphatic heterocycles. The molecular weight excluding hydrogens is 576 g/mol. The Labute approximate surface area is 251 Å². The van der Waals surface area contributed by atoms with Gasteiger partial charge in [-0.25, -0.2) is 13.8 Å². The number of anilines is 3. The number of aromatic nitrogens is 1. The summed E-state index contributed by atoms with van der Waals surface area (Å²) < 4.78 is 40.5. The number of nitrogens with two attached hydrogens (primary N) is 1. The van der Waals surface area contributed by atoms with Crippen molar-refractivity contribution in [3.05, 3.63) is 76.8 Å². The average molecular weight is 608 g/mol. The smallest absolute Gasteiger partial charge is 0.248 e. The normalized spacial score (nSPS) is 13.7. The molecule has 0 spiro atoms. The van der Waals surface area contributed by atoms with E-state index in [9.17, 15) is 18.4 Å². The number of likely N-dealkylation sites (N-methyl/N-ethyl adjacent to an activating group) is 1. The first-order valence-corrected chi connectivity index (χ1v) is 14.4. The van der Waals surface area contributed by atoms with E-state index in [2.05, 4.69) is 33.6 Å². The number of hydrogen-bond acceptors (Lipinski definition) is 9. The highest BCUT2D eigenvalue weighted by Gasteiger charge is 2.28. The van der Waals surface area contributed by atoms with Gasteiger partial charge in [0.25, 0.3) is 0 Å². The quantitative estimate of drug-likeness (QED) is 0.187. The van der Waals surface area contributed by atoms with E-state index >= 15 is 0 Å². The van der Waals surface area contributed by atoms with Crippen LogP contribution in [0.2, 0.25) is 0 Å². The van der Waals surface area contributed by atoms with Gasteiger partial charge in [0, 0.05) is 61.0 Å². The lowest BCUT2D eigenvalue weighted by molar-refractivity contribution is -0.112. The summed E-state index contributed by atoms with van der Waals surface area (Å²) in [5.74, 6) is -3.90. The van der Waals surface area contributed by atoms with E-state index in [1.165, 1.54) is 14.2 Å². The monoisotopic (exact) mass is 607 g/mol. The lowest BCUT2D eigenvalue weighted by atomic mass is 10.0. The van der Waals surface area contributed by atoms with Crippen LogP contribution in [0.5, 0.6) is 11.5 Å². The molecule has 9 nitrogen and oxygen atoms in total. The molecule has 43 heavy (non-hydrogen) atoms. The Balaban J connectivity index is 1.45. The third-order valence-corrected chi connectivity index (χ3v) is 8.59. The van der Waals surface area contributed by atoms with E-state index in [0.717, 1.165) is 55.8 Å². The summed E-state index contributed by atoms with van der Waals surface area (Å²) in [7, 11) is 2.43. The van der Waals surface area contributed by atoms with Crippen molar-refractivity contribution in [3.8, 4) is 11.5 Å². The number of ketones is 1. The van der Waals surface area contributed by atoms with Gasteiger partial charge in [0.1, 0.15) is 11.4 Å². The minimum absolute atomic E-state index is 0.109. The van der Waals surface area contributed by atoms with Crippen LogP contribution in [-0.4, -0.2) is 68.5 Å². The highest BCUT2D eigenvalue weighted by atomic mass is 32.1. The standard InChI is InChI=1S/C31H31F2N5O4S/c1-5-37-8-10-38(11-9-37)19-6-7-21(20(14-19)17(2)31(34)40)36-26-13-18-12-24(43-25(18)16-35-26)30(39)27-28(32)22(41-3)15-23(42-4)29(27)33/h6-7,12-16H,2,5,8-11H2,1,3-4H3,(H2,34,40)(H,35,36). The molecule has 3 heterocycles. The summed E-state index contributed by atoms with van der Waals surface area (Å²) in [6.07, 6.45) is 1.56. The number of halogens is 2. The molecule has 0 aliphatic carbocycles. The van der Waals surface area contributed by atoms with Gasteiger partial charge in [0.05, 0.1) is 23.8 Å². The Morgan fingerprint density at radius 2 is 1.72 bits per heavy atom. The van der Waals surface area contributed by atoms with Crippen LogP contribution in [0.3, 0.4) is 0 Å². The van der Waals surface area contributed by atoms with Crippen molar-refractivity contribution in [1.29, 1.82) is 0 Å². The van der Waals surface area contributed by atoms with Crippen molar-refractivity contribution >= 4 is 55.9 Å². The summed E-state index contributed by atoms with van der Waals surface area (Å²) in [4.78, 5) is 34.6. The Bertz CT molecular complexity index is 1700. The SMILES string of the molecule is C=C(C(N)=O)c1cc(N2CCN(CC)CC2)ccc1Nc1cc2cc(C(=O)c3c(F)c(OC)cc(OC)c3F)sc2cn1. The Kier molecular flexibility index (Phi) is 8.60. The first kappa shape index (κ1) is 29.9. The molecule has 0 saturated carbocycles. The van der Waals surface area contributed by atoms with Gasteiger partial charge in [-0.3, -0.25) is 9.59 Å². The van der Waals surface area contributed by atoms with Gasteiger partial charge >= 0.3 is 0 Å². The van der Waals surface area contributed by atoms with Crippen molar-refractivity contribution < 1.29 is 27.8 Å². The Morgan fingerprint density at radius 3 is 2.33 bits per heavy atom. The number of nitrogens with zero attached hydrogens (tertiary/aromatic N) is 3. The van der Waals surface area contributed by atoms with Crippen molar-refractivity contribution in [1.82, 2.24) is 9.88 Å². The fraction of sp³-hybridized carbons (Fsp3) is 0.258. The fourth-order valence-electron chi connectivity index (χ4n) is 5.01. The number of rotatable bonds is 10. The van der Waals surface area contributed by atoms with Crippen LogP contribution in [-0.2, 0) is 4.79 Å². The average Bonchev–Trinajstić information content (AvgIpc) is 3.45. The molecule has 5 rings (SSSR count). The zero-order valence-electron chi connectivity index (χ0n) is 24.0. The van der Waals surface area contributed by atoms with Crippen molar-refractivity contribution in [2.75, 3.05) is 57.2 Å². The molecule has 4 aromatic rings. The van der Waals surface area contributed by atoms with Crippen LogP contribution in [0.1, 0.15) is 27.7 Å². The number of thiophene rings is 1. The van der Waals surface area contributed by atoms with Gasteiger partial charge in [0.2, 0.25) is 11.7 Å². The molecule has 0 atom stereocenters. The molecule has 12 heteroatoms. The van der Waals surface area contributed by atoms with E-state index in [1.807, 2.05) is 18.2 Å². The Hall–Kier alpha value is -4.55. The van der Waals surface area contributed by atoms with Crippen LogP contribution in [0.25, 0.3) is 15.7 Å². The second kappa shape index (κ2) is 12.4. The third-order valence-electron chi connectivity index (χ3n) is 7.50. The van der Waals surface area contributed by atoms with Crippen LogP contribution < -0.4 is 25.4 Å².